The molecule has 3 aromatic rings. The van der Waals surface area contributed by atoms with Gasteiger partial charge in [-0.3, -0.25) is 0 Å². The molecule has 7 nitrogen and oxygen atoms in total. The molecule has 2 amide bonds. The maximum absolute atomic E-state index is 12.8. The average molecular weight is 430 g/mol. The number of rotatable bonds is 3. The fourth-order valence-electron chi connectivity index (χ4n) is 4.01. The minimum Gasteiger partial charge on any atom is -0.497 e. The van der Waals surface area contributed by atoms with E-state index in [2.05, 4.69) is 36.2 Å². The zero-order valence-electron chi connectivity index (χ0n) is 18.7. The quantitative estimate of drug-likeness (QED) is 0.664. The number of nitrogens with one attached hydrogen (secondary N) is 1. The van der Waals surface area contributed by atoms with E-state index in [-0.39, 0.29) is 6.03 Å². The Balaban J connectivity index is 1.51. The van der Waals surface area contributed by atoms with E-state index >= 15 is 0 Å². The summed E-state index contributed by atoms with van der Waals surface area (Å²) in [5, 5.41) is 13.7. The van der Waals surface area contributed by atoms with Gasteiger partial charge in [0.2, 0.25) is 0 Å². The van der Waals surface area contributed by atoms with E-state index in [4.69, 9.17) is 9.72 Å². The number of hydrogen-bond acceptors (Lipinski definition) is 5. The van der Waals surface area contributed by atoms with Crippen molar-refractivity contribution >= 4 is 28.4 Å². The minimum absolute atomic E-state index is 0.129. The number of methoxy groups -OCH3 is 1. The molecule has 0 bridgehead atoms. The highest BCUT2D eigenvalue weighted by Gasteiger charge is 2.22. The van der Waals surface area contributed by atoms with Gasteiger partial charge in [0.1, 0.15) is 17.6 Å². The van der Waals surface area contributed by atoms with Gasteiger partial charge in [-0.1, -0.05) is 12.1 Å². The first kappa shape index (κ1) is 21.4. The van der Waals surface area contributed by atoms with Gasteiger partial charge < -0.3 is 19.9 Å². The maximum atomic E-state index is 12.8. The fourth-order valence-corrected chi connectivity index (χ4v) is 4.01. The highest BCUT2D eigenvalue weighted by molar-refractivity contribution is 5.89. The molecule has 0 saturated carbocycles. The molecule has 1 fully saturated rings. The smallest absolute Gasteiger partial charge is 0.321 e. The summed E-state index contributed by atoms with van der Waals surface area (Å²) in [7, 11) is 1.61. The van der Waals surface area contributed by atoms with Crippen LogP contribution in [0.2, 0.25) is 0 Å². The summed E-state index contributed by atoms with van der Waals surface area (Å²) in [6.45, 7) is 6.69. The molecule has 1 aromatic heterocycles. The number of aromatic nitrogens is 1. The number of urea groups is 1. The van der Waals surface area contributed by atoms with E-state index < -0.39 is 0 Å². The Labute approximate surface area is 188 Å². The lowest BCUT2D eigenvalue weighted by atomic mass is 10.0. The molecule has 1 N–H and O–H groups in total. The molecular weight excluding hydrogens is 402 g/mol. The number of amides is 2. The summed E-state index contributed by atoms with van der Waals surface area (Å²) >= 11 is 0. The molecule has 2 aromatic carbocycles. The third kappa shape index (κ3) is 4.30. The lowest BCUT2D eigenvalue weighted by molar-refractivity contribution is 0.215. The molecule has 2 heterocycles. The third-order valence-electron chi connectivity index (χ3n) is 6.04. The van der Waals surface area contributed by atoms with Crippen molar-refractivity contribution in [3.05, 3.63) is 59.2 Å². The third-order valence-corrected chi connectivity index (χ3v) is 6.04. The number of benzene rings is 2. The summed E-state index contributed by atoms with van der Waals surface area (Å²) in [6, 6.07) is 15.5. The van der Waals surface area contributed by atoms with Gasteiger partial charge in [-0.25, -0.2) is 9.78 Å². The molecule has 0 radical (unpaired) electrons. The summed E-state index contributed by atoms with van der Waals surface area (Å²) < 4.78 is 5.16. The largest absolute Gasteiger partial charge is 0.497 e. The normalized spacial score (nSPS) is 14.1. The molecule has 32 heavy (non-hydrogen) atoms. The van der Waals surface area contributed by atoms with Crippen LogP contribution in [0.1, 0.15) is 23.1 Å². The van der Waals surface area contributed by atoms with Gasteiger partial charge in [0.15, 0.2) is 0 Å². The molecule has 7 heteroatoms. The molecule has 0 spiro atoms. The van der Waals surface area contributed by atoms with Crippen LogP contribution in [-0.4, -0.2) is 49.2 Å². The number of carbonyl (C=O) groups excluding carboxylic acids is 1. The Bertz CT molecular complexity index is 1180. The van der Waals surface area contributed by atoms with Gasteiger partial charge >= 0.3 is 6.03 Å². The predicted octanol–water partition coefficient (Wildman–Crippen LogP) is 4.48. The second-order valence-electron chi connectivity index (χ2n) is 8.04. The number of aryl methyl sites for hydroxylation is 2. The van der Waals surface area contributed by atoms with E-state index in [0.717, 1.165) is 40.9 Å². The van der Waals surface area contributed by atoms with Crippen LogP contribution in [-0.2, 0) is 0 Å². The summed E-state index contributed by atoms with van der Waals surface area (Å²) in [5.74, 6) is 1.45. The van der Waals surface area contributed by atoms with Crippen molar-refractivity contribution in [1.82, 2.24) is 9.88 Å². The molecular formula is C25H27N5O2. The number of pyridine rings is 1. The molecule has 0 atom stereocenters. The summed E-state index contributed by atoms with van der Waals surface area (Å²) in [6.07, 6.45) is 0.799. The van der Waals surface area contributed by atoms with E-state index in [1.165, 1.54) is 5.56 Å². The fraction of sp³-hybridized carbons (Fsp3) is 0.320. The first-order valence-electron chi connectivity index (χ1n) is 10.8. The van der Waals surface area contributed by atoms with E-state index in [0.29, 0.717) is 31.0 Å². The van der Waals surface area contributed by atoms with E-state index in [9.17, 15) is 10.1 Å². The van der Waals surface area contributed by atoms with Gasteiger partial charge in [0, 0.05) is 37.3 Å². The highest BCUT2D eigenvalue weighted by Crippen LogP contribution is 2.27. The van der Waals surface area contributed by atoms with Crippen molar-refractivity contribution in [2.24, 2.45) is 0 Å². The number of ether oxygens (including phenoxy) is 1. The van der Waals surface area contributed by atoms with Crippen LogP contribution in [0.15, 0.2) is 42.5 Å². The standard InChI is InChI=1S/C25H27N5O2/c1-17-5-6-19-15-20(16-26)24(28-23(19)18(17)2)29-11-4-12-30(14-13-29)25(31)27-21-7-9-22(32-3)10-8-21/h5-10,15H,4,11-14H2,1-3H3,(H,27,31). The predicted molar refractivity (Wildman–Crippen MR) is 126 cm³/mol. The van der Waals surface area contributed by atoms with Gasteiger partial charge in [0.05, 0.1) is 18.2 Å². The Morgan fingerprint density at radius 3 is 2.59 bits per heavy atom. The first-order valence-corrected chi connectivity index (χ1v) is 10.8. The van der Waals surface area contributed by atoms with Crippen LogP contribution in [0.5, 0.6) is 5.75 Å². The van der Waals surface area contributed by atoms with Crippen LogP contribution in [0.25, 0.3) is 10.9 Å². The van der Waals surface area contributed by atoms with Crippen molar-refractivity contribution in [3.8, 4) is 11.8 Å². The van der Waals surface area contributed by atoms with Crippen LogP contribution in [0.3, 0.4) is 0 Å². The molecule has 1 aliphatic heterocycles. The van der Waals surface area contributed by atoms with Crippen molar-refractivity contribution in [3.63, 3.8) is 0 Å². The molecule has 1 aliphatic rings. The number of nitrogens with zero attached hydrogens (tertiary/aromatic N) is 4. The van der Waals surface area contributed by atoms with Crippen LogP contribution < -0.4 is 15.0 Å². The second-order valence-corrected chi connectivity index (χ2v) is 8.04. The summed E-state index contributed by atoms with van der Waals surface area (Å²) in [4.78, 5) is 21.6. The Hall–Kier alpha value is -3.79. The van der Waals surface area contributed by atoms with Crippen LogP contribution in [0, 0.1) is 25.2 Å². The van der Waals surface area contributed by atoms with Gasteiger partial charge in [-0.2, -0.15) is 5.26 Å². The second kappa shape index (κ2) is 9.15. The zero-order valence-corrected chi connectivity index (χ0v) is 18.7. The lowest BCUT2D eigenvalue weighted by Crippen LogP contribution is -2.38. The molecule has 164 valence electrons. The lowest BCUT2D eigenvalue weighted by Gasteiger charge is -2.24. The molecule has 1 saturated heterocycles. The molecule has 0 unspecified atom stereocenters. The Morgan fingerprint density at radius 1 is 1.09 bits per heavy atom. The number of anilines is 2. The minimum atomic E-state index is -0.129. The number of carbonyl (C=O) groups is 1. The number of hydrogen-bond donors (Lipinski definition) is 1. The maximum Gasteiger partial charge on any atom is 0.321 e. The number of fused-ring (bicyclic) bond motifs is 1. The van der Waals surface area contributed by atoms with E-state index in [1.54, 1.807) is 7.11 Å². The monoisotopic (exact) mass is 429 g/mol. The Kier molecular flexibility index (Phi) is 6.13. The van der Waals surface area contributed by atoms with Crippen LogP contribution in [0.4, 0.5) is 16.3 Å². The molecule has 4 rings (SSSR count). The number of nitriles is 1. The zero-order chi connectivity index (χ0) is 22.7. The average Bonchev–Trinajstić information content (AvgIpc) is 3.07. The van der Waals surface area contributed by atoms with Gasteiger partial charge in [-0.05, 0) is 61.7 Å². The van der Waals surface area contributed by atoms with Gasteiger partial charge in [-0.15, -0.1) is 0 Å². The summed E-state index contributed by atoms with van der Waals surface area (Å²) in [5.41, 5.74) is 4.53. The van der Waals surface area contributed by atoms with Crippen molar-refractivity contribution in [2.45, 2.75) is 20.3 Å². The SMILES string of the molecule is COc1ccc(NC(=O)N2CCCN(c3nc4c(C)c(C)ccc4cc3C#N)CC2)cc1. The van der Waals surface area contributed by atoms with Gasteiger partial charge in [0.25, 0.3) is 0 Å². The van der Waals surface area contributed by atoms with Crippen LogP contribution >= 0.6 is 0 Å². The van der Waals surface area contributed by atoms with Crippen molar-refractivity contribution < 1.29 is 9.53 Å². The van der Waals surface area contributed by atoms with Crippen molar-refractivity contribution in [1.29, 1.82) is 5.26 Å². The highest BCUT2D eigenvalue weighted by atomic mass is 16.5. The van der Waals surface area contributed by atoms with Crippen molar-refractivity contribution in [2.75, 3.05) is 43.5 Å². The first-order chi connectivity index (χ1) is 15.5. The van der Waals surface area contributed by atoms with E-state index in [1.807, 2.05) is 41.3 Å². The molecule has 0 aliphatic carbocycles. The topological polar surface area (TPSA) is 81.5 Å². The Morgan fingerprint density at radius 2 is 1.88 bits per heavy atom.